The predicted octanol–water partition coefficient (Wildman–Crippen LogP) is 1.36. The molecule has 1 aliphatic heterocycles. The van der Waals surface area contributed by atoms with Gasteiger partial charge in [-0.1, -0.05) is 12.1 Å². The van der Waals surface area contributed by atoms with Gasteiger partial charge in [-0.05, 0) is 19.1 Å². The number of piperazine rings is 1. The second kappa shape index (κ2) is 7.51. The summed E-state index contributed by atoms with van der Waals surface area (Å²) in [5, 5.41) is 3.33. The highest BCUT2D eigenvalue weighted by atomic mass is 16.5. The molecule has 2 aromatic heterocycles. The molecule has 28 heavy (non-hydrogen) atoms. The molecule has 0 radical (unpaired) electrons. The minimum atomic E-state index is -0.189. The van der Waals surface area contributed by atoms with Crippen LogP contribution in [0.15, 0.2) is 29.1 Å². The minimum Gasteiger partial charge on any atom is -0.493 e. The molecule has 1 aromatic carbocycles. The van der Waals surface area contributed by atoms with Gasteiger partial charge in [-0.3, -0.25) is 9.36 Å². The van der Waals surface area contributed by atoms with Crippen molar-refractivity contribution in [3.63, 3.8) is 0 Å². The van der Waals surface area contributed by atoms with Gasteiger partial charge < -0.3 is 24.3 Å². The lowest BCUT2D eigenvalue weighted by molar-refractivity contribution is 0.359. The smallest absolute Gasteiger partial charge is 0.306 e. The Balaban J connectivity index is 1.82. The number of hydrogen-bond acceptors (Lipinski definition) is 7. The van der Waals surface area contributed by atoms with Crippen LogP contribution < -0.4 is 25.2 Å². The maximum absolute atomic E-state index is 13.1. The van der Waals surface area contributed by atoms with Gasteiger partial charge in [0.2, 0.25) is 5.95 Å². The number of aromatic nitrogens is 4. The summed E-state index contributed by atoms with van der Waals surface area (Å²) in [6.07, 6.45) is 0. The number of methoxy groups -OCH3 is 1. The molecule has 148 valence electrons. The van der Waals surface area contributed by atoms with Crippen LogP contribution in [0.2, 0.25) is 0 Å². The van der Waals surface area contributed by atoms with Crippen LogP contribution in [0.3, 0.4) is 0 Å². The van der Waals surface area contributed by atoms with E-state index in [0.717, 1.165) is 32.1 Å². The SMILES string of the molecule is CCn1c(N2CCNCC2)nc2nc(Oc3ccccc3OC)n(C)c(=O)c21. The molecule has 0 atom stereocenters. The van der Waals surface area contributed by atoms with E-state index in [4.69, 9.17) is 9.47 Å². The topological polar surface area (TPSA) is 86.4 Å². The van der Waals surface area contributed by atoms with Gasteiger partial charge in [-0.25, -0.2) is 0 Å². The maximum Gasteiger partial charge on any atom is 0.306 e. The van der Waals surface area contributed by atoms with Gasteiger partial charge in [0.05, 0.1) is 7.11 Å². The van der Waals surface area contributed by atoms with E-state index in [0.29, 0.717) is 29.2 Å². The Morgan fingerprint density at radius 1 is 1.14 bits per heavy atom. The molecule has 0 aliphatic carbocycles. The second-order valence-corrected chi connectivity index (χ2v) is 6.58. The summed E-state index contributed by atoms with van der Waals surface area (Å²) in [6, 6.07) is 7.42. The highest BCUT2D eigenvalue weighted by molar-refractivity contribution is 5.74. The van der Waals surface area contributed by atoms with Crippen LogP contribution in [-0.2, 0) is 13.6 Å². The minimum absolute atomic E-state index is 0.176. The van der Waals surface area contributed by atoms with Crippen molar-refractivity contribution in [2.24, 2.45) is 7.05 Å². The normalized spacial score (nSPS) is 14.5. The number of para-hydroxylation sites is 2. The monoisotopic (exact) mass is 384 g/mol. The Morgan fingerprint density at radius 2 is 1.86 bits per heavy atom. The Morgan fingerprint density at radius 3 is 2.54 bits per heavy atom. The first kappa shape index (κ1) is 18.3. The molecular weight excluding hydrogens is 360 g/mol. The molecule has 1 N–H and O–H groups in total. The number of nitrogens with zero attached hydrogens (tertiary/aromatic N) is 5. The van der Waals surface area contributed by atoms with E-state index in [1.807, 2.05) is 23.6 Å². The molecule has 9 nitrogen and oxygen atoms in total. The summed E-state index contributed by atoms with van der Waals surface area (Å²) in [4.78, 5) is 24.5. The Bertz CT molecular complexity index is 1050. The van der Waals surface area contributed by atoms with Crippen LogP contribution in [0.1, 0.15) is 6.92 Å². The first-order valence-electron chi connectivity index (χ1n) is 9.37. The van der Waals surface area contributed by atoms with Crippen LogP contribution in [0.4, 0.5) is 5.95 Å². The van der Waals surface area contributed by atoms with Gasteiger partial charge in [-0.2, -0.15) is 9.97 Å². The average molecular weight is 384 g/mol. The molecule has 1 saturated heterocycles. The van der Waals surface area contributed by atoms with Crippen molar-refractivity contribution < 1.29 is 9.47 Å². The van der Waals surface area contributed by atoms with Gasteiger partial charge in [0.25, 0.3) is 5.56 Å². The first-order chi connectivity index (χ1) is 13.6. The number of fused-ring (bicyclic) bond motifs is 1. The second-order valence-electron chi connectivity index (χ2n) is 6.58. The number of anilines is 1. The highest BCUT2D eigenvalue weighted by Gasteiger charge is 2.23. The zero-order valence-electron chi connectivity index (χ0n) is 16.3. The van der Waals surface area contributed by atoms with E-state index >= 15 is 0 Å². The van der Waals surface area contributed by atoms with Crippen molar-refractivity contribution in [2.75, 3.05) is 38.2 Å². The van der Waals surface area contributed by atoms with Gasteiger partial charge >= 0.3 is 6.01 Å². The molecule has 9 heteroatoms. The summed E-state index contributed by atoms with van der Waals surface area (Å²) in [5.74, 6) is 1.83. The molecule has 1 aliphatic rings. The van der Waals surface area contributed by atoms with Gasteiger partial charge in [0.15, 0.2) is 22.7 Å². The van der Waals surface area contributed by atoms with Crippen LogP contribution in [0.25, 0.3) is 11.2 Å². The van der Waals surface area contributed by atoms with E-state index in [9.17, 15) is 4.79 Å². The third kappa shape index (κ3) is 3.07. The summed E-state index contributed by atoms with van der Waals surface area (Å²) in [6.45, 7) is 6.11. The third-order valence-electron chi connectivity index (χ3n) is 4.91. The van der Waals surface area contributed by atoms with Crippen molar-refractivity contribution in [3.8, 4) is 17.5 Å². The highest BCUT2D eigenvalue weighted by Crippen LogP contribution is 2.30. The fourth-order valence-corrected chi connectivity index (χ4v) is 3.43. The summed E-state index contributed by atoms with van der Waals surface area (Å²) in [5.41, 5.74) is 0.694. The predicted molar refractivity (Wildman–Crippen MR) is 107 cm³/mol. The van der Waals surface area contributed by atoms with E-state index in [-0.39, 0.29) is 11.6 Å². The zero-order valence-corrected chi connectivity index (χ0v) is 16.3. The zero-order chi connectivity index (χ0) is 19.7. The number of ether oxygens (including phenoxy) is 2. The first-order valence-corrected chi connectivity index (χ1v) is 9.37. The summed E-state index contributed by atoms with van der Waals surface area (Å²) >= 11 is 0. The molecule has 0 amide bonds. The summed E-state index contributed by atoms with van der Waals surface area (Å²) < 4.78 is 14.6. The Labute approximate surface area is 162 Å². The van der Waals surface area contributed by atoms with Crippen molar-refractivity contribution >= 4 is 17.1 Å². The summed E-state index contributed by atoms with van der Waals surface area (Å²) in [7, 11) is 3.22. The van der Waals surface area contributed by atoms with Crippen molar-refractivity contribution in [3.05, 3.63) is 34.6 Å². The van der Waals surface area contributed by atoms with Crippen LogP contribution in [-0.4, -0.2) is 52.4 Å². The number of benzene rings is 1. The van der Waals surface area contributed by atoms with Crippen molar-refractivity contribution in [2.45, 2.75) is 13.5 Å². The molecule has 0 unspecified atom stereocenters. The number of hydrogen-bond donors (Lipinski definition) is 1. The van der Waals surface area contributed by atoms with E-state index < -0.39 is 0 Å². The van der Waals surface area contributed by atoms with Crippen LogP contribution in [0, 0.1) is 0 Å². The maximum atomic E-state index is 13.1. The molecule has 1 fully saturated rings. The largest absolute Gasteiger partial charge is 0.493 e. The van der Waals surface area contributed by atoms with Crippen LogP contribution in [0.5, 0.6) is 17.5 Å². The van der Waals surface area contributed by atoms with Crippen molar-refractivity contribution in [1.82, 2.24) is 24.4 Å². The molecular formula is C19H24N6O3. The Hall–Kier alpha value is -3.07. The standard InChI is InChI=1S/C19H24N6O3/c1-4-25-15-16(21-18(25)24-11-9-20-10-12-24)22-19(23(2)17(15)26)28-14-8-6-5-7-13(14)27-3/h5-8,20H,4,9-12H2,1-3H3. The number of nitrogens with one attached hydrogen (secondary N) is 1. The molecule has 0 bridgehead atoms. The average Bonchev–Trinajstić information content (AvgIpc) is 3.11. The van der Waals surface area contributed by atoms with Crippen LogP contribution >= 0.6 is 0 Å². The molecule has 0 saturated carbocycles. The van der Waals surface area contributed by atoms with Crippen molar-refractivity contribution in [1.29, 1.82) is 0 Å². The molecule has 3 heterocycles. The van der Waals surface area contributed by atoms with Gasteiger partial charge in [0, 0.05) is 39.8 Å². The lowest BCUT2D eigenvalue weighted by Gasteiger charge is -2.28. The number of imidazole rings is 1. The fraction of sp³-hybridized carbons (Fsp3) is 0.421. The Kier molecular flexibility index (Phi) is 4.91. The van der Waals surface area contributed by atoms with Gasteiger partial charge in [-0.15, -0.1) is 0 Å². The molecule has 3 aromatic rings. The van der Waals surface area contributed by atoms with E-state index in [1.165, 1.54) is 4.57 Å². The quantitative estimate of drug-likeness (QED) is 0.711. The lowest BCUT2D eigenvalue weighted by atomic mass is 10.3. The van der Waals surface area contributed by atoms with E-state index in [2.05, 4.69) is 20.2 Å². The molecule has 4 rings (SSSR count). The number of aryl methyl sites for hydroxylation is 1. The molecule has 0 spiro atoms. The van der Waals surface area contributed by atoms with E-state index in [1.54, 1.807) is 26.3 Å². The number of rotatable bonds is 5. The van der Waals surface area contributed by atoms with Gasteiger partial charge in [0.1, 0.15) is 0 Å². The lowest BCUT2D eigenvalue weighted by Crippen LogP contribution is -2.44. The fourth-order valence-electron chi connectivity index (χ4n) is 3.43. The third-order valence-corrected chi connectivity index (χ3v) is 4.91.